The molecule has 166 valence electrons. The molecule has 9 heteroatoms. The summed E-state index contributed by atoms with van der Waals surface area (Å²) in [6.07, 6.45) is 1.17. The summed E-state index contributed by atoms with van der Waals surface area (Å²) in [4.78, 5) is 29.2. The fourth-order valence-electron chi connectivity index (χ4n) is 4.04. The number of nitrogens with zero attached hydrogens (tertiary/aromatic N) is 3. The zero-order valence-electron chi connectivity index (χ0n) is 18.3. The van der Waals surface area contributed by atoms with E-state index in [0.29, 0.717) is 23.6 Å². The van der Waals surface area contributed by atoms with E-state index in [0.717, 1.165) is 16.8 Å². The average molecular weight is 453 g/mol. The van der Waals surface area contributed by atoms with Crippen LogP contribution < -0.4 is 9.80 Å². The van der Waals surface area contributed by atoms with Crippen molar-refractivity contribution in [1.82, 2.24) is 10.2 Å². The minimum atomic E-state index is -3.29. The first-order valence-electron chi connectivity index (χ1n) is 10.1. The Bertz CT molecular complexity index is 1310. The van der Waals surface area contributed by atoms with Crippen LogP contribution in [0.2, 0.25) is 0 Å². The first-order chi connectivity index (χ1) is 15.1. The quantitative estimate of drug-likeness (QED) is 0.657. The smallest absolute Gasteiger partial charge is 0.278 e. The number of anilines is 2. The minimum absolute atomic E-state index is 0.105. The SMILES string of the molecule is CC(=O)N1c2ccc(-c3ccc(S(C)(=O)=O)cc3)cc2N(C(=O)c2cc(C)[nH]n2)C[C@@H]1C. The summed E-state index contributed by atoms with van der Waals surface area (Å²) in [6, 6.07) is 13.6. The summed E-state index contributed by atoms with van der Waals surface area (Å²) in [5, 5.41) is 6.90. The van der Waals surface area contributed by atoms with Gasteiger partial charge in [0, 0.05) is 25.4 Å². The van der Waals surface area contributed by atoms with E-state index < -0.39 is 9.84 Å². The van der Waals surface area contributed by atoms with E-state index in [1.54, 1.807) is 40.1 Å². The number of H-pyrrole nitrogens is 1. The van der Waals surface area contributed by atoms with Crippen LogP contribution in [-0.2, 0) is 14.6 Å². The maximum atomic E-state index is 13.3. The lowest BCUT2D eigenvalue weighted by Crippen LogP contribution is -2.51. The third-order valence-corrected chi connectivity index (χ3v) is 6.67. The summed E-state index contributed by atoms with van der Waals surface area (Å²) >= 11 is 0. The van der Waals surface area contributed by atoms with Gasteiger partial charge < -0.3 is 9.80 Å². The van der Waals surface area contributed by atoms with Crippen LogP contribution in [0.1, 0.15) is 30.0 Å². The molecule has 0 radical (unpaired) electrons. The van der Waals surface area contributed by atoms with E-state index in [4.69, 9.17) is 0 Å². The largest absolute Gasteiger partial charge is 0.306 e. The molecular formula is C23H24N4O4S. The van der Waals surface area contributed by atoms with Gasteiger partial charge in [0.2, 0.25) is 5.91 Å². The van der Waals surface area contributed by atoms with Gasteiger partial charge in [-0.3, -0.25) is 14.7 Å². The number of aromatic amines is 1. The fourth-order valence-corrected chi connectivity index (χ4v) is 4.67. The highest BCUT2D eigenvalue weighted by Gasteiger charge is 2.34. The number of amides is 2. The maximum Gasteiger partial charge on any atom is 0.278 e. The molecule has 1 aliphatic heterocycles. The fraction of sp³-hybridized carbons (Fsp3) is 0.261. The van der Waals surface area contributed by atoms with Crippen LogP contribution in [-0.4, -0.2) is 49.3 Å². The molecule has 4 rings (SSSR count). The highest BCUT2D eigenvalue weighted by molar-refractivity contribution is 7.90. The van der Waals surface area contributed by atoms with Crippen LogP contribution in [0.3, 0.4) is 0 Å². The Morgan fingerprint density at radius 2 is 1.69 bits per heavy atom. The number of carbonyl (C=O) groups is 2. The number of sulfone groups is 1. The normalized spacial score (nSPS) is 16.1. The van der Waals surface area contributed by atoms with Crippen molar-refractivity contribution < 1.29 is 18.0 Å². The highest BCUT2D eigenvalue weighted by Crippen LogP contribution is 2.39. The maximum absolute atomic E-state index is 13.3. The van der Waals surface area contributed by atoms with Gasteiger partial charge in [-0.1, -0.05) is 18.2 Å². The summed E-state index contributed by atoms with van der Waals surface area (Å²) in [5.74, 6) is -0.359. The number of hydrogen-bond acceptors (Lipinski definition) is 5. The Labute approximate surface area is 186 Å². The Hall–Kier alpha value is -3.46. The topological polar surface area (TPSA) is 103 Å². The Balaban J connectivity index is 1.81. The van der Waals surface area contributed by atoms with Crippen molar-refractivity contribution >= 4 is 33.0 Å². The lowest BCUT2D eigenvalue weighted by atomic mass is 10.0. The molecule has 0 fully saturated rings. The molecule has 2 amide bonds. The summed E-state index contributed by atoms with van der Waals surface area (Å²) in [5.41, 5.74) is 3.94. The molecule has 0 saturated carbocycles. The first-order valence-corrected chi connectivity index (χ1v) is 12.0. The average Bonchev–Trinajstić information content (AvgIpc) is 3.17. The predicted molar refractivity (Wildman–Crippen MR) is 123 cm³/mol. The van der Waals surface area contributed by atoms with Crippen molar-refractivity contribution in [3.05, 3.63) is 59.9 Å². The standard InChI is InChI=1S/C23H24N4O4S/c1-14-11-20(25-24-14)23(29)26-13-15(2)27(16(3)28)21-10-7-18(12-22(21)26)17-5-8-19(9-6-17)32(4,30)31/h5-12,15H,13H2,1-4H3,(H,24,25)/t15-/m0/s1. The zero-order chi connectivity index (χ0) is 23.2. The molecule has 3 aromatic rings. The molecule has 2 aromatic carbocycles. The molecule has 2 heterocycles. The molecular weight excluding hydrogens is 428 g/mol. The van der Waals surface area contributed by atoms with E-state index in [1.165, 1.54) is 13.2 Å². The molecule has 0 unspecified atom stereocenters. The van der Waals surface area contributed by atoms with Gasteiger partial charge >= 0.3 is 0 Å². The van der Waals surface area contributed by atoms with E-state index in [9.17, 15) is 18.0 Å². The van der Waals surface area contributed by atoms with Gasteiger partial charge in [-0.05, 0) is 55.3 Å². The molecule has 1 aromatic heterocycles. The van der Waals surface area contributed by atoms with Crippen molar-refractivity contribution in [2.45, 2.75) is 31.7 Å². The molecule has 1 atom stereocenters. The van der Waals surface area contributed by atoms with E-state index >= 15 is 0 Å². The van der Waals surface area contributed by atoms with Gasteiger partial charge in [0.15, 0.2) is 15.5 Å². The third kappa shape index (κ3) is 3.91. The van der Waals surface area contributed by atoms with Crippen LogP contribution in [0.4, 0.5) is 11.4 Å². The van der Waals surface area contributed by atoms with Gasteiger partial charge in [0.25, 0.3) is 5.91 Å². The number of carbonyl (C=O) groups excluding carboxylic acids is 2. The van der Waals surface area contributed by atoms with Crippen LogP contribution >= 0.6 is 0 Å². The Morgan fingerprint density at radius 1 is 1.03 bits per heavy atom. The van der Waals surface area contributed by atoms with Crippen molar-refractivity contribution in [2.75, 3.05) is 22.6 Å². The zero-order valence-corrected chi connectivity index (χ0v) is 19.1. The number of benzene rings is 2. The number of nitrogens with one attached hydrogen (secondary N) is 1. The van der Waals surface area contributed by atoms with Gasteiger partial charge in [-0.15, -0.1) is 0 Å². The van der Waals surface area contributed by atoms with Crippen LogP contribution in [0.15, 0.2) is 53.4 Å². The predicted octanol–water partition coefficient (Wildman–Crippen LogP) is 3.19. The van der Waals surface area contributed by atoms with Crippen molar-refractivity contribution in [3.8, 4) is 11.1 Å². The summed E-state index contributed by atoms with van der Waals surface area (Å²) < 4.78 is 23.5. The molecule has 1 aliphatic rings. The van der Waals surface area contributed by atoms with Crippen molar-refractivity contribution in [2.24, 2.45) is 0 Å². The van der Waals surface area contributed by atoms with Crippen LogP contribution in [0.5, 0.6) is 0 Å². The number of hydrogen-bond donors (Lipinski definition) is 1. The lowest BCUT2D eigenvalue weighted by molar-refractivity contribution is -0.117. The van der Waals surface area contributed by atoms with Crippen LogP contribution in [0.25, 0.3) is 11.1 Å². The second-order valence-corrected chi connectivity index (χ2v) is 10.1. The van der Waals surface area contributed by atoms with Gasteiger partial charge in [-0.25, -0.2) is 8.42 Å². The Kier molecular flexibility index (Phi) is 5.37. The van der Waals surface area contributed by atoms with Crippen molar-refractivity contribution in [3.63, 3.8) is 0 Å². The molecule has 0 bridgehead atoms. The van der Waals surface area contributed by atoms with Gasteiger partial charge in [-0.2, -0.15) is 5.10 Å². The third-order valence-electron chi connectivity index (χ3n) is 5.54. The van der Waals surface area contributed by atoms with Crippen molar-refractivity contribution in [1.29, 1.82) is 0 Å². The summed E-state index contributed by atoms with van der Waals surface area (Å²) in [6.45, 7) is 5.56. The molecule has 32 heavy (non-hydrogen) atoms. The molecule has 0 aliphatic carbocycles. The van der Waals surface area contributed by atoms with Gasteiger partial charge in [0.1, 0.15) is 0 Å². The molecule has 1 N–H and O–H groups in total. The molecule has 0 spiro atoms. The monoisotopic (exact) mass is 452 g/mol. The minimum Gasteiger partial charge on any atom is -0.306 e. The molecule has 8 nitrogen and oxygen atoms in total. The lowest BCUT2D eigenvalue weighted by Gasteiger charge is -2.40. The summed E-state index contributed by atoms with van der Waals surface area (Å²) in [7, 11) is -3.29. The Morgan fingerprint density at radius 3 is 2.25 bits per heavy atom. The van der Waals surface area contributed by atoms with Crippen LogP contribution in [0, 0.1) is 6.92 Å². The first kappa shape index (κ1) is 21.8. The number of fused-ring (bicyclic) bond motifs is 1. The second kappa shape index (κ2) is 7.90. The second-order valence-electron chi connectivity index (χ2n) is 8.09. The molecule has 0 saturated heterocycles. The van der Waals surface area contributed by atoms with E-state index in [2.05, 4.69) is 10.2 Å². The highest BCUT2D eigenvalue weighted by atomic mass is 32.2. The van der Waals surface area contributed by atoms with E-state index in [1.807, 2.05) is 32.0 Å². The number of aromatic nitrogens is 2. The number of rotatable bonds is 3. The van der Waals surface area contributed by atoms with E-state index in [-0.39, 0.29) is 22.8 Å². The number of aryl methyl sites for hydroxylation is 1. The van der Waals surface area contributed by atoms with Gasteiger partial charge in [0.05, 0.1) is 22.3 Å².